The summed E-state index contributed by atoms with van der Waals surface area (Å²) in [6.45, 7) is 2.47. The van der Waals surface area contributed by atoms with Crippen LogP contribution in [0.3, 0.4) is 0 Å². The molecule has 2 aliphatic heterocycles. The quantitative estimate of drug-likeness (QED) is 0.360. The molecule has 2 bridgehead atoms. The van der Waals surface area contributed by atoms with E-state index in [1.165, 1.54) is 0 Å². The fraction of sp³-hybridized carbons (Fsp3) is 0.481. The van der Waals surface area contributed by atoms with Gasteiger partial charge in [0.05, 0.1) is 56.7 Å². The van der Waals surface area contributed by atoms with Crippen molar-refractivity contribution >= 4 is 11.8 Å². The molecule has 0 radical (unpaired) electrons. The molecule has 0 aliphatic carbocycles. The maximum absolute atomic E-state index is 13.0. The Morgan fingerprint density at radius 2 is 1.17 bits per heavy atom. The zero-order chi connectivity index (χ0) is 25.2. The smallest absolute Gasteiger partial charge is 0.237 e. The van der Waals surface area contributed by atoms with Gasteiger partial charge in [-0.2, -0.15) is 0 Å². The van der Waals surface area contributed by atoms with Gasteiger partial charge in [-0.3, -0.25) is 14.9 Å². The number of benzene rings is 2. The minimum absolute atomic E-state index is 0.245. The van der Waals surface area contributed by atoms with E-state index in [1.807, 2.05) is 60.7 Å². The molecule has 2 aromatic rings. The standard InChI is InChI=1S/C27H36N4O5/c32-23-11-24-26(33)29-21(17-35-15-19-7-3-1-4-8-19)13-28-14-22(30-27(34)25(12-23)31-24)18-36-16-20-9-5-2-6-10-20/h1-10,21-25,28,31-32H,11-18H2,(H,29,33)(H,30,34). The molecule has 4 atom stereocenters. The molecule has 2 amide bonds. The van der Waals surface area contributed by atoms with E-state index in [9.17, 15) is 14.7 Å². The van der Waals surface area contributed by atoms with Crippen molar-refractivity contribution in [2.75, 3.05) is 26.3 Å². The molecule has 0 spiro atoms. The van der Waals surface area contributed by atoms with Crippen molar-refractivity contribution < 1.29 is 24.2 Å². The molecule has 0 aromatic heterocycles. The number of rotatable bonds is 8. The number of piperidine rings is 1. The molecule has 2 saturated heterocycles. The van der Waals surface area contributed by atoms with Crippen LogP contribution in [0.25, 0.3) is 0 Å². The Labute approximate surface area is 211 Å². The minimum Gasteiger partial charge on any atom is -0.393 e. The highest BCUT2D eigenvalue weighted by Crippen LogP contribution is 2.15. The van der Waals surface area contributed by atoms with Crippen molar-refractivity contribution in [2.24, 2.45) is 0 Å². The Balaban J connectivity index is 1.38. The van der Waals surface area contributed by atoms with E-state index in [-0.39, 0.29) is 36.7 Å². The molecule has 0 saturated carbocycles. The van der Waals surface area contributed by atoms with E-state index in [2.05, 4.69) is 21.3 Å². The summed E-state index contributed by atoms with van der Waals surface area (Å²) >= 11 is 0. The number of aliphatic hydroxyl groups excluding tert-OH is 1. The summed E-state index contributed by atoms with van der Waals surface area (Å²) in [5, 5.41) is 22.9. The summed E-state index contributed by atoms with van der Waals surface area (Å²) in [7, 11) is 0. The first-order chi connectivity index (χ1) is 17.6. The van der Waals surface area contributed by atoms with E-state index >= 15 is 0 Å². The first-order valence-electron chi connectivity index (χ1n) is 12.6. The lowest BCUT2D eigenvalue weighted by molar-refractivity contribution is -0.130. The van der Waals surface area contributed by atoms with Crippen LogP contribution in [-0.2, 0) is 32.3 Å². The minimum atomic E-state index is -0.737. The van der Waals surface area contributed by atoms with Crippen LogP contribution in [0, 0.1) is 0 Å². The number of nitrogens with one attached hydrogen (secondary N) is 4. The Morgan fingerprint density at radius 1 is 0.722 bits per heavy atom. The Kier molecular flexibility index (Phi) is 9.83. The largest absolute Gasteiger partial charge is 0.393 e. The van der Waals surface area contributed by atoms with Crippen LogP contribution in [0.4, 0.5) is 0 Å². The van der Waals surface area contributed by atoms with Crippen molar-refractivity contribution in [3.63, 3.8) is 0 Å². The number of amides is 2. The van der Waals surface area contributed by atoms with Gasteiger partial charge in [0.1, 0.15) is 0 Å². The average Bonchev–Trinajstić information content (AvgIpc) is 2.88. The third-order valence-electron chi connectivity index (χ3n) is 6.39. The second-order valence-corrected chi connectivity index (χ2v) is 9.47. The third-order valence-corrected chi connectivity index (χ3v) is 6.39. The van der Waals surface area contributed by atoms with Crippen LogP contribution < -0.4 is 21.3 Å². The molecule has 2 aromatic carbocycles. The van der Waals surface area contributed by atoms with Gasteiger partial charge in [-0.25, -0.2) is 0 Å². The number of carbonyl (C=O) groups excluding carboxylic acids is 2. The summed E-state index contributed by atoms with van der Waals surface area (Å²) in [5.74, 6) is -0.491. The molecule has 5 N–H and O–H groups in total. The van der Waals surface area contributed by atoms with Crippen molar-refractivity contribution in [1.29, 1.82) is 0 Å². The summed E-state index contributed by atoms with van der Waals surface area (Å²) in [5.41, 5.74) is 2.12. The lowest BCUT2D eigenvalue weighted by Gasteiger charge is -2.35. The molecule has 4 unspecified atom stereocenters. The lowest BCUT2D eigenvalue weighted by atomic mass is 9.94. The normalized spacial score (nSPS) is 27.3. The van der Waals surface area contributed by atoms with Gasteiger partial charge in [-0.05, 0) is 24.0 Å². The average molecular weight is 497 g/mol. The maximum Gasteiger partial charge on any atom is 0.237 e. The highest BCUT2D eigenvalue weighted by Gasteiger charge is 2.36. The van der Waals surface area contributed by atoms with Gasteiger partial charge in [0.2, 0.25) is 11.8 Å². The van der Waals surface area contributed by atoms with Crippen LogP contribution >= 0.6 is 0 Å². The fourth-order valence-electron chi connectivity index (χ4n) is 4.51. The van der Waals surface area contributed by atoms with Gasteiger partial charge in [0.15, 0.2) is 0 Å². The lowest BCUT2D eigenvalue weighted by Crippen LogP contribution is -2.63. The monoisotopic (exact) mass is 496 g/mol. The van der Waals surface area contributed by atoms with Crippen molar-refractivity contribution in [3.05, 3.63) is 71.8 Å². The molecular formula is C27H36N4O5. The fourth-order valence-corrected chi connectivity index (χ4v) is 4.51. The molecule has 9 heteroatoms. The zero-order valence-corrected chi connectivity index (χ0v) is 20.4. The van der Waals surface area contributed by atoms with Crippen LogP contribution in [0.1, 0.15) is 24.0 Å². The number of hydrogen-bond donors (Lipinski definition) is 5. The van der Waals surface area contributed by atoms with Crippen molar-refractivity contribution in [1.82, 2.24) is 21.3 Å². The predicted octanol–water partition coefficient (Wildman–Crippen LogP) is 0.474. The number of fused-ring (bicyclic) bond motifs is 2. The van der Waals surface area contributed by atoms with Crippen molar-refractivity contribution in [2.45, 2.75) is 56.3 Å². The van der Waals surface area contributed by atoms with E-state index in [0.717, 1.165) is 11.1 Å². The van der Waals surface area contributed by atoms with Gasteiger partial charge >= 0.3 is 0 Å². The first-order valence-corrected chi connectivity index (χ1v) is 12.6. The second-order valence-electron chi connectivity index (χ2n) is 9.47. The van der Waals surface area contributed by atoms with E-state index in [1.54, 1.807) is 0 Å². The summed E-state index contributed by atoms with van der Waals surface area (Å²) in [4.78, 5) is 25.9. The van der Waals surface area contributed by atoms with Crippen LogP contribution in [-0.4, -0.2) is 73.5 Å². The maximum atomic E-state index is 13.0. The molecule has 194 valence electrons. The highest BCUT2D eigenvalue weighted by molar-refractivity contribution is 5.86. The third kappa shape index (κ3) is 8.11. The van der Waals surface area contributed by atoms with Gasteiger partial charge in [0, 0.05) is 13.1 Å². The molecule has 2 aliphatic rings. The summed E-state index contributed by atoms with van der Waals surface area (Å²) in [6.07, 6.45) is -0.228. The van der Waals surface area contributed by atoms with Gasteiger partial charge in [-0.1, -0.05) is 60.7 Å². The zero-order valence-electron chi connectivity index (χ0n) is 20.4. The molecular weight excluding hydrogens is 460 g/mol. The van der Waals surface area contributed by atoms with E-state index in [0.29, 0.717) is 39.5 Å². The number of carbonyl (C=O) groups is 2. The van der Waals surface area contributed by atoms with Gasteiger partial charge in [-0.15, -0.1) is 0 Å². The Hall–Kier alpha value is -2.82. The Morgan fingerprint density at radius 3 is 1.61 bits per heavy atom. The number of ether oxygens (including phenoxy) is 2. The summed E-state index contributed by atoms with van der Waals surface area (Å²) < 4.78 is 11.8. The highest BCUT2D eigenvalue weighted by atomic mass is 16.5. The summed E-state index contributed by atoms with van der Waals surface area (Å²) in [6, 6.07) is 17.9. The van der Waals surface area contributed by atoms with Crippen LogP contribution in [0.2, 0.25) is 0 Å². The Bertz CT molecular complexity index is 886. The number of hydrogen-bond acceptors (Lipinski definition) is 7. The van der Waals surface area contributed by atoms with Gasteiger partial charge in [0.25, 0.3) is 0 Å². The topological polar surface area (TPSA) is 121 Å². The predicted molar refractivity (Wildman–Crippen MR) is 135 cm³/mol. The molecule has 9 nitrogen and oxygen atoms in total. The molecule has 36 heavy (non-hydrogen) atoms. The van der Waals surface area contributed by atoms with E-state index in [4.69, 9.17) is 9.47 Å². The number of aliphatic hydroxyl groups is 1. The van der Waals surface area contributed by atoms with E-state index < -0.39 is 18.2 Å². The van der Waals surface area contributed by atoms with Crippen molar-refractivity contribution in [3.8, 4) is 0 Å². The van der Waals surface area contributed by atoms with Crippen LogP contribution in [0.5, 0.6) is 0 Å². The SMILES string of the molecule is O=C1NC(COCc2ccccc2)CNCC(COCc2ccccc2)NC(=O)C2CC(O)CC1N2. The van der Waals surface area contributed by atoms with Crippen LogP contribution in [0.15, 0.2) is 60.7 Å². The molecule has 2 fully saturated rings. The first kappa shape index (κ1) is 26.2. The molecule has 2 heterocycles. The van der Waals surface area contributed by atoms with Gasteiger partial charge < -0.3 is 30.5 Å². The molecule has 4 rings (SSSR count). The second kappa shape index (κ2) is 13.5.